The third kappa shape index (κ3) is 2.89. The van der Waals surface area contributed by atoms with Gasteiger partial charge in [-0.05, 0) is 12.8 Å². The molecule has 0 aliphatic rings. The Hall–Kier alpha value is -1.16. The van der Waals surface area contributed by atoms with Crippen molar-refractivity contribution >= 4 is 5.82 Å². The SMILES string of the molecule is COCCc1nc(C)c(C(C)C)c(N)n1. The van der Waals surface area contributed by atoms with E-state index in [1.807, 2.05) is 6.92 Å². The zero-order valence-corrected chi connectivity index (χ0v) is 9.87. The minimum Gasteiger partial charge on any atom is -0.384 e. The molecule has 0 atom stereocenters. The number of nitrogens with two attached hydrogens (primary N) is 1. The molecular formula is C11H19N3O. The van der Waals surface area contributed by atoms with Gasteiger partial charge in [0.25, 0.3) is 0 Å². The molecule has 0 unspecified atom stereocenters. The summed E-state index contributed by atoms with van der Waals surface area (Å²) in [5.74, 6) is 1.72. The van der Waals surface area contributed by atoms with E-state index in [0.717, 1.165) is 17.1 Å². The molecular weight excluding hydrogens is 190 g/mol. The number of ether oxygens (including phenoxy) is 1. The van der Waals surface area contributed by atoms with Gasteiger partial charge < -0.3 is 10.5 Å². The van der Waals surface area contributed by atoms with E-state index in [9.17, 15) is 0 Å². The summed E-state index contributed by atoms with van der Waals surface area (Å²) < 4.78 is 4.98. The Balaban J connectivity index is 2.97. The number of rotatable bonds is 4. The largest absolute Gasteiger partial charge is 0.384 e. The molecule has 0 amide bonds. The number of methoxy groups -OCH3 is 1. The van der Waals surface area contributed by atoms with E-state index in [1.54, 1.807) is 7.11 Å². The van der Waals surface area contributed by atoms with Gasteiger partial charge in [0.1, 0.15) is 11.6 Å². The molecule has 0 saturated heterocycles. The van der Waals surface area contributed by atoms with Crippen molar-refractivity contribution in [2.45, 2.75) is 33.1 Å². The van der Waals surface area contributed by atoms with Crippen LogP contribution in [-0.2, 0) is 11.2 Å². The Morgan fingerprint density at radius 3 is 2.47 bits per heavy atom. The maximum atomic E-state index is 5.90. The summed E-state index contributed by atoms with van der Waals surface area (Å²) in [6, 6.07) is 0. The van der Waals surface area contributed by atoms with E-state index in [-0.39, 0.29) is 0 Å². The Morgan fingerprint density at radius 1 is 1.33 bits per heavy atom. The van der Waals surface area contributed by atoms with Crippen LogP contribution in [0, 0.1) is 6.92 Å². The van der Waals surface area contributed by atoms with Gasteiger partial charge in [-0.2, -0.15) is 0 Å². The molecule has 4 heteroatoms. The van der Waals surface area contributed by atoms with Crippen molar-refractivity contribution in [2.24, 2.45) is 0 Å². The predicted octanol–water partition coefficient (Wildman–Crippen LogP) is 1.68. The van der Waals surface area contributed by atoms with Crippen molar-refractivity contribution in [3.63, 3.8) is 0 Å². The second kappa shape index (κ2) is 5.07. The normalized spacial score (nSPS) is 11.0. The zero-order chi connectivity index (χ0) is 11.4. The number of nitrogens with zero attached hydrogens (tertiary/aromatic N) is 2. The molecule has 0 radical (unpaired) electrons. The molecule has 1 aromatic rings. The van der Waals surface area contributed by atoms with Crippen molar-refractivity contribution in [3.05, 3.63) is 17.1 Å². The van der Waals surface area contributed by atoms with Crippen LogP contribution in [0.4, 0.5) is 5.82 Å². The molecule has 0 saturated carbocycles. The van der Waals surface area contributed by atoms with Crippen LogP contribution in [0.15, 0.2) is 0 Å². The lowest BCUT2D eigenvalue weighted by molar-refractivity contribution is 0.200. The van der Waals surface area contributed by atoms with E-state index < -0.39 is 0 Å². The van der Waals surface area contributed by atoms with Crippen LogP contribution in [0.25, 0.3) is 0 Å². The van der Waals surface area contributed by atoms with Gasteiger partial charge >= 0.3 is 0 Å². The summed E-state index contributed by atoms with van der Waals surface area (Å²) in [6.45, 7) is 6.79. The fourth-order valence-corrected chi connectivity index (χ4v) is 1.68. The first-order chi connectivity index (χ1) is 7.06. The molecule has 2 N–H and O–H groups in total. The standard InChI is InChI=1S/C11H19N3O/c1-7(2)10-8(3)13-9(5-6-15-4)14-11(10)12/h7H,5-6H2,1-4H3,(H2,12,13,14). The van der Waals surface area contributed by atoms with Gasteiger partial charge in [0.15, 0.2) is 0 Å². The highest BCUT2D eigenvalue weighted by atomic mass is 16.5. The van der Waals surface area contributed by atoms with Crippen LogP contribution >= 0.6 is 0 Å². The third-order valence-electron chi connectivity index (χ3n) is 2.32. The zero-order valence-electron chi connectivity index (χ0n) is 9.87. The monoisotopic (exact) mass is 209 g/mol. The van der Waals surface area contributed by atoms with Crippen LogP contribution in [0.3, 0.4) is 0 Å². The van der Waals surface area contributed by atoms with E-state index in [2.05, 4.69) is 23.8 Å². The lowest BCUT2D eigenvalue weighted by Gasteiger charge is -2.12. The fourth-order valence-electron chi connectivity index (χ4n) is 1.68. The summed E-state index contributed by atoms with van der Waals surface area (Å²) in [5, 5.41) is 0. The highest BCUT2D eigenvalue weighted by Gasteiger charge is 2.11. The summed E-state index contributed by atoms with van der Waals surface area (Å²) in [7, 11) is 1.67. The molecule has 0 aliphatic carbocycles. The lowest BCUT2D eigenvalue weighted by atomic mass is 10.0. The molecule has 0 bridgehead atoms. The second-order valence-electron chi connectivity index (χ2n) is 3.92. The van der Waals surface area contributed by atoms with Crippen molar-refractivity contribution in [1.82, 2.24) is 9.97 Å². The van der Waals surface area contributed by atoms with E-state index in [0.29, 0.717) is 24.8 Å². The second-order valence-corrected chi connectivity index (χ2v) is 3.92. The van der Waals surface area contributed by atoms with Gasteiger partial charge in [0.2, 0.25) is 0 Å². The van der Waals surface area contributed by atoms with Crippen molar-refractivity contribution in [2.75, 3.05) is 19.5 Å². The molecule has 0 aliphatic heterocycles. The lowest BCUT2D eigenvalue weighted by Crippen LogP contribution is -2.10. The van der Waals surface area contributed by atoms with Crippen LogP contribution < -0.4 is 5.73 Å². The molecule has 84 valence electrons. The number of hydrogen-bond acceptors (Lipinski definition) is 4. The average molecular weight is 209 g/mol. The van der Waals surface area contributed by atoms with Gasteiger partial charge in [-0.3, -0.25) is 0 Å². The Kier molecular flexibility index (Phi) is 4.03. The van der Waals surface area contributed by atoms with Crippen LogP contribution in [0.5, 0.6) is 0 Å². The van der Waals surface area contributed by atoms with Crippen LogP contribution in [0.2, 0.25) is 0 Å². The molecule has 1 rings (SSSR count). The maximum Gasteiger partial charge on any atom is 0.133 e. The van der Waals surface area contributed by atoms with Gasteiger partial charge in [0, 0.05) is 24.8 Å². The van der Waals surface area contributed by atoms with Gasteiger partial charge in [-0.1, -0.05) is 13.8 Å². The molecule has 1 aromatic heterocycles. The Morgan fingerprint density at radius 2 is 2.00 bits per heavy atom. The summed E-state index contributed by atoms with van der Waals surface area (Å²) in [5.41, 5.74) is 7.93. The summed E-state index contributed by atoms with van der Waals surface area (Å²) >= 11 is 0. The molecule has 0 spiro atoms. The number of anilines is 1. The molecule has 1 heterocycles. The highest BCUT2D eigenvalue weighted by molar-refractivity contribution is 5.44. The predicted molar refractivity (Wildman–Crippen MR) is 60.9 cm³/mol. The highest BCUT2D eigenvalue weighted by Crippen LogP contribution is 2.22. The summed E-state index contributed by atoms with van der Waals surface area (Å²) in [6.07, 6.45) is 0.708. The number of hydrogen-bond donors (Lipinski definition) is 1. The van der Waals surface area contributed by atoms with Gasteiger partial charge in [0.05, 0.1) is 6.61 Å². The average Bonchev–Trinajstić information content (AvgIpc) is 2.12. The molecule has 4 nitrogen and oxygen atoms in total. The first-order valence-electron chi connectivity index (χ1n) is 5.18. The van der Waals surface area contributed by atoms with Gasteiger partial charge in [-0.25, -0.2) is 9.97 Å². The van der Waals surface area contributed by atoms with E-state index >= 15 is 0 Å². The van der Waals surface area contributed by atoms with Crippen molar-refractivity contribution in [3.8, 4) is 0 Å². The first kappa shape index (κ1) is 11.9. The number of aryl methyl sites for hydroxylation is 1. The third-order valence-corrected chi connectivity index (χ3v) is 2.32. The fraction of sp³-hybridized carbons (Fsp3) is 0.636. The smallest absolute Gasteiger partial charge is 0.133 e. The maximum absolute atomic E-state index is 5.90. The quantitative estimate of drug-likeness (QED) is 0.819. The minimum absolute atomic E-state index is 0.362. The molecule has 0 aromatic carbocycles. The van der Waals surface area contributed by atoms with Crippen molar-refractivity contribution < 1.29 is 4.74 Å². The first-order valence-corrected chi connectivity index (χ1v) is 5.18. The topological polar surface area (TPSA) is 61.0 Å². The van der Waals surface area contributed by atoms with Crippen LogP contribution in [-0.4, -0.2) is 23.7 Å². The molecule has 15 heavy (non-hydrogen) atoms. The summed E-state index contributed by atoms with van der Waals surface area (Å²) in [4.78, 5) is 8.70. The molecule has 0 fully saturated rings. The van der Waals surface area contributed by atoms with E-state index in [4.69, 9.17) is 10.5 Å². The number of nitrogen functional groups attached to an aromatic ring is 1. The minimum atomic E-state index is 0.362. The van der Waals surface area contributed by atoms with Gasteiger partial charge in [-0.15, -0.1) is 0 Å². The van der Waals surface area contributed by atoms with Crippen molar-refractivity contribution in [1.29, 1.82) is 0 Å². The van der Waals surface area contributed by atoms with Crippen LogP contribution in [0.1, 0.15) is 36.8 Å². The van der Waals surface area contributed by atoms with E-state index in [1.165, 1.54) is 0 Å². The number of aromatic nitrogens is 2. The Labute approximate surface area is 90.9 Å². The Bertz CT molecular complexity index is 314.